The smallest absolute Gasteiger partial charge is 0.0917 e. The summed E-state index contributed by atoms with van der Waals surface area (Å²) in [6, 6.07) is 6.84. The standard InChI is InChI=1S/C19H32N2O2/c1-5-18-13-20(8-9-21(18)10-11-23-4)14-19(22)17-7-6-15(2)16(3)12-17/h6-7,12,18-19,22H,5,8-11,13-14H2,1-4H3/t18-,19-/m1/s1. The minimum absolute atomic E-state index is 0.405. The summed E-state index contributed by atoms with van der Waals surface area (Å²) in [4.78, 5) is 4.92. The van der Waals surface area contributed by atoms with Crippen molar-refractivity contribution in [3.8, 4) is 0 Å². The first-order chi connectivity index (χ1) is 11.0. The zero-order valence-corrected chi connectivity index (χ0v) is 15.1. The normalized spacial score (nSPS) is 21.5. The Bertz CT molecular complexity index is 492. The summed E-state index contributed by atoms with van der Waals surface area (Å²) in [5, 5.41) is 10.6. The molecule has 1 fully saturated rings. The van der Waals surface area contributed by atoms with Crippen LogP contribution in [0.25, 0.3) is 0 Å². The Morgan fingerprint density at radius 2 is 2.04 bits per heavy atom. The number of benzene rings is 1. The quantitative estimate of drug-likeness (QED) is 0.837. The van der Waals surface area contributed by atoms with Crippen molar-refractivity contribution in [1.29, 1.82) is 0 Å². The molecule has 1 aliphatic rings. The van der Waals surface area contributed by atoms with Crippen molar-refractivity contribution in [2.75, 3.05) is 46.4 Å². The van der Waals surface area contributed by atoms with Crippen LogP contribution in [0.2, 0.25) is 0 Å². The highest BCUT2D eigenvalue weighted by Gasteiger charge is 2.26. The van der Waals surface area contributed by atoms with Gasteiger partial charge in [-0.2, -0.15) is 0 Å². The number of methoxy groups -OCH3 is 1. The lowest BCUT2D eigenvalue weighted by atomic mass is 10.0. The van der Waals surface area contributed by atoms with Gasteiger partial charge in [-0.3, -0.25) is 9.80 Å². The zero-order chi connectivity index (χ0) is 16.8. The van der Waals surface area contributed by atoms with Crippen LogP contribution in [0.3, 0.4) is 0 Å². The van der Waals surface area contributed by atoms with Gasteiger partial charge in [0.2, 0.25) is 0 Å². The summed E-state index contributed by atoms with van der Waals surface area (Å²) in [5.74, 6) is 0. The Labute approximate surface area is 141 Å². The molecule has 0 saturated carbocycles. The van der Waals surface area contributed by atoms with Gasteiger partial charge in [-0.25, -0.2) is 0 Å². The molecule has 1 saturated heterocycles. The fraction of sp³-hybridized carbons (Fsp3) is 0.684. The number of hydrogen-bond donors (Lipinski definition) is 1. The maximum atomic E-state index is 10.6. The molecule has 2 rings (SSSR count). The number of β-amino-alcohol motifs (C(OH)–C–C–N with tert-alkyl or cyclic N) is 1. The van der Waals surface area contributed by atoms with E-state index in [2.05, 4.69) is 48.8 Å². The Morgan fingerprint density at radius 1 is 1.26 bits per heavy atom. The molecule has 1 aliphatic heterocycles. The molecule has 0 spiro atoms. The SMILES string of the molecule is CC[C@@H]1CN(C[C@@H](O)c2ccc(C)c(C)c2)CCN1CCOC. The van der Waals surface area contributed by atoms with Gasteiger partial charge in [0, 0.05) is 45.9 Å². The van der Waals surface area contributed by atoms with Crippen LogP contribution in [-0.2, 0) is 4.74 Å². The van der Waals surface area contributed by atoms with E-state index in [9.17, 15) is 5.11 Å². The van der Waals surface area contributed by atoms with E-state index in [0.29, 0.717) is 6.04 Å². The van der Waals surface area contributed by atoms with Gasteiger partial charge in [-0.1, -0.05) is 25.1 Å². The second-order valence-electron chi connectivity index (χ2n) is 6.71. The van der Waals surface area contributed by atoms with Crippen LogP contribution in [0.1, 0.15) is 36.1 Å². The highest BCUT2D eigenvalue weighted by Crippen LogP contribution is 2.20. The van der Waals surface area contributed by atoms with Crippen molar-refractivity contribution in [2.24, 2.45) is 0 Å². The summed E-state index contributed by atoms with van der Waals surface area (Å²) < 4.78 is 5.21. The number of nitrogens with zero attached hydrogens (tertiary/aromatic N) is 2. The van der Waals surface area contributed by atoms with E-state index in [-0.39, 0.29) is 0 Å². The molecule has 0 aliphatic carbocycles. The Balaban J connectivity index is 1.91. The van der Waals surface area contributed by atoms with E-state index in [1.54, 1.807) is 7.11 Å². The molecular formula is C19H32N2O2. The molecule has 4 heteroatoms. The Hall–Kier alpha value is -0.940. The van der Waals surface area contributed by atoms with Gasteiger partial charge in [0.05, 0.1) is 12.7 Å². The molecule has 1 heterocycles. The molecule has 4 nitrogen and oxygen atoms in total. The van der Waals surface area contributed by atoms with Crippen LogP contribution in [0.5, 0.6) is 0 Å². The van der Waals surface area contributed by atoms with Crippen LogP contribution < -0.4 is 0 Å². The molecule has 1 N–H and O–H groups in total. The lowest BCUT2D eigenvalue weighted by Gasteiger charge is -2.41. The maximum Gasteiger partial charge on any atom is 0.0917 e. The maximum absolute atomic E-state index is 10.6. The third-order valence-corrected chi connectivity index (χ3v) is 5.09. The summed E-state index contributed by atoms with van der Waals surface area (Å²) in [6.45, 7) is 12.1. The van der Waals surface area contributed by atoms with Gasteiger partial charge >= 0.3 is 0 Å². The molecule has 1 aromatic rings. The van der Waals surface area contributed by atoms with Gasteiger partial charge < -0.3 is 9.84 Å². The van der Waals surface area contributed by atoms with Crippen molar-refractivity contribution < 1.29 is 9.84 Å². The Morgan fingerprint density at radius 3 is 2.70 bits per heavy atom. The summed E-state index contributed by atoms with van der Waals surface area (Å²) in [5.41, 5.74) is 3.55. The summed E-state index contributed by atoms with van der Waals surface area (Å²) in [6.07, 6.45) is 0.734. The summed E-state index contributed by atoms with van der Waals surface area (Å²) >= 11 is 0. The topological polar surface area (TPSA) is 35.9 Å². The largest absolute Gasteiger partial charge is 0.387 e. The molecular weight excluding hydrogens is 288 g/mol. The van der Waals surface area contributed by atoms with Gasteiger partial charge in [0.15, 0.2) is 0 Å². The zero-order valence-electron chi connectivity index (χ0n) is 15.1. The third kappa shape index (κ3) is 5.01. The molecule has 0 bridgehead atoms. The number of aliphatic hydroxyl groups is 1. The van der Waals surface area contributed by atoms with E-state index >= 15 is 0 Å². The Kier molecular flexibility index (Phi) is 7.03. The lowest BCUT2D eigenvalue weighted by Crippen LogP contribution is -2.54. The lowest BCUT2D eigenvalue weighted by molar-refractivity contribution is 0.0260. The predicted octanol–water partition coefficient (Wildman–Crippen LogP) is 2.38. The van der Waals surface area contributed by atoms with Gasteiger partial charge in [-0.05, 0) is 37.0 Å². The average Bonchev–Trinajstić information content (AvgIpc) is 2.55. The molecule has 0 aromatic heterocycles. The third-order valence-electron chi connectivity index (χ3n) is 5.09. The number of hydrogen-bond acceptors (Lipinski definition) is 4. The first kappa shape index (κ1) is 18.4. The molecule has 2 atom stereocenters. The second kappa shape index (κ2) is 8.78. The molecule has 0 radical (unpaired) electrons. The van der Waals surface area contributed by atoms with Crippen LogP contribution in [-0.4, -0.2) is 67.4 Å². The van der Waals surface area contributed by atoms with Crippen molar-refractivity contribution in [1.82, 2.24) is 9.80 Å². The summed E-state index contributed by atoms with van der Waals surface area (Å²) in [7, 11) is 1.76. The first-order valence-corrected chi connectivity index (χ1v) is 8.75. The number of aliphatic hydroxyl groups excluding tert-OH is 1. The molecule has 0 amide bonds. The number of piperazine rings is 1. The van der Waals surface area contributed by atoms with Crippen molar-refractivity contribution in [3.63, 3.8) is 0 Å². The van der Waals surface area contributed by atoms with Gasteiger partial charge in [-0.15, -0.1) is 0 Å². The molecule has 130 valence electrons. The molecule has 0 unspecified atom stereocenters. The van der Waals surface area contributed by atoms with Crippen LogP contribution >= 0.6 is 0 Å². The fourth-order valence-electron chi connectivity index (χ4n) is 3.34. The van der Waals surface area contributed by atoms with Crippen molar-refractivity contribution >= 4 is 0 Å². The fourth-order valence-corrected chi connectivity index (χ4v) is 3.34. The van der Waals surface area contributed by atoms with E-state index in [4.69, 9.17) is 4.74 Å². The van der Waals surface area contributed by atoms with Gasteiger partial charge in [0.25, 0.3) is 0 Å². The molecule has 1 aromatic carbocycles. The minimum Gasteiger partial charge on any atom is -0.387 e. The highest BCUT2D eigenvalue weighted by molar-refractivity contribution is 5.31. The van der Waals surface area contributed by atoms with Crippen molar-refractivity contribution in [3.05, 3.63) is 34.9 Å². The number of rotatable bonds is 7. The van der Waals surface area contributed by atoms with E-state index in [1.165, 1.54) is 11.1 Å². The number of aryl methyl sites for hydroxylation is 2. The van der Waals surface area contributed by atoms with E-state index in [1.807, 2.05) is 0 Å². The van der Waals surface area contributed by atoms with Crippen LogP contribution in [0.15, 0.2) is 18.2 Å². The minimum atomic E-state index is -0.405. The van der Waals surface area contributed by atoms with Crippen LogP contribution in [0.4, 0.5) is 0 Å². The van der Waals surface area contributed by atoms with E-state index in [0.717, 1.165) is 51.3 Å². The van der Waals surface area contributed by atoms with Gasteiger partial charge in [0.1, 0.15) is 0 Å². The monoisotopic (exact) mass is 320 g/mol. The number of ether oxygens (including phenoxy) is 1. The molecule has 23 heavy (non-hydrogen) atoms. The average molecular weight is 320 g/mol. The predicted molar refractivity (Wildman–Crippen MR) is 94.8 cm³/mol. The second-order valence-corrected chi connectivity index (χ2v) is 6.71. The first-order valence-electron chi connectivity index (χ1n) is 8.75. The van der Waals surface area contributed by atoms with Crippen LogP contribution in [0, 0.1) is 13.8 Å². The van der Waals surface area contributed by atoms with E-state index < -0.39 is 6.10 Å². The van der Waals surface area contributed by atoms with Crippen molar-refractivity contribution in [2.45, 2.75) is 39.3 Å². The highest BCUT2D eigenvalue weighted by atomic mass is 16.5.